The van der Waals surface area contributed by atoms with Gasteiger partial charge in [-0.3, -0.25) is 9.69 Å². The van der Waals surface area contributed by atoms with Gasteiger partial charge in [-0.15, -0.1) is 0 Å². The first-order valence-corrected chi connectivity index (χ1v) is 11.8. The van der Waals surface area contributed by atoms with E-state index in [2.05, 4.69) is 5.32 Å². The Balaban J connectivity index is 1.39. The van der Waals surface area contributed by atoms with Crippen LogP contribution in [0, 0.1) is 11.6 Å². The van der Waals surface area contributed by atoms with Gasteiger partial charge in [-0.1, -0.05) is 30.3 Å². The van der Waals surface area contributed by atoms with E-state index in [-0.39, 0.29) is 68.5 Å². The Kier molecular flexibility index (Phi) is 8.26. The van der Waals surface area contributed by atoms with E-state index in [0.717, 1.165) is 17.7 Å². The third-order valence-electron chi connectivity index (χ3n) is 6.56. The molecule has 0 unspecified atom stereocenters. The standard InChI is InChI=1S/C26H32F2N2O4/c1-17(18-5-3-2-4-6-18)29-26(32)12-22-8-10-24-25(34-22)16-33-15-21(31)14-30(24)13-19-11-20(27)7-9-23(19)28/h2-7,9,11,17,21-22,24-25,31H,8,10,12-16H2,1H3,(H,29,32)/t17-,21+,22+,24-,25+/m0/s1. The molecular formula is C26H32F2N2O4. The number of β-amino-alcohol motifs (C(OH)–C–C–N with tert-alkyl or cyclic N) is 1. The van der Waals surface area contributed by atoms with Crippen LogP contribution in [-0.4, -0.2) is 60.0 Å². The van der Waals surface area contributed by atoms with E-state index in [1.807, 2.05) is 42.2 Å². The fourth-order valence-electron chi connectivity index (χ4n) is 4.84. The predicted molar refractivity (Wildman–Crippen MR) is 123 cm³/mol. The number of nitrogens with zero attached hydrogens (tertiary/aromatic N) is 1. The summed E-state index contributed by atoms with van der Waals surface area (Å²) in [7, 11) is 0. The van der Waals surface area contributed by atoms with Crippen LogP contribution in [0.25, 0.3) is 0 Å². The van der Waals surface area contributed by atoms with Gasteiger partial charge >= 0.3 is 0 Å². The van der Waals surface area contributed by atoms with Gasteiger partial charge in [-0.05, 0) is 43.5 Å². The maximum atomic E-state index is 14.3. The highest BCUT2D eigenvalue weighted by Gasteiger charge is 2.38. The minimum Gasteiger partial charge on any atom is -0.389 e. The van der Waals surface area contributed by atoms with Crippen molar-refractivity contribution in [3.63, 3.8) is 0 Å². The summed E-state index contributed by atoms with van der Waals surface area (Å²) in [6, 6.07) is 12.9. The summed E-state index contributed by atoms with van der Waals surface area (Å²) < 4.78 is 39.9. The minimum atomic E-state index is -0.736. The molecule has 0 saturated carbocycles. The number of amides is 1. The molecule has 8 heteroatoms. The largest absolute Gasteiger partial charge is 0.389 e. The van der Waals surface area contributed by atoms with Gasteiger partial charge in [0.1, 0.15) is 11.6 Å². The number of hydrogen-bond acceptors (Lipinski definition) is 5. The molecule has 2 aliphatic heterocycles. The number of fused-ring (bicyclic) bond motifs is 1. The molecule has 4 rings (SSSR count). The van der Waals surface area contributed by atoms with Gasteiger partial charge in [-0.25, -0.2) is 8.78 Å². The third-order valence-corrected chi connectivity index (χ3v) is 6.56. The van der Waals surface area contributed by atoms with E-state index in [1.165, 1.54) is 6.07 Å². The highest BCUT2D eigenvalue weighted by molar-refractivity contribution is 5.77. The van der Waals surface area contributed by atoms with Crippen LogP contribution in [0.4, 0.5) is 8.78 Å². The molecule has 2 heterocycles. The number of aliphatic hydroxyl groups excluding tert-OH is 1. The second-order valence-corrected chi connectivity index (χ2v) is 9.20. The zero-order chi connectivity index (χ0) is 24.1. The highest BCUT2D eigenvalue weighted by atomic mass is 19.1. The first kappa shape index (κ1) is 24.7. The van der Waals surface area contributed by atoms with Gasteiger partial charge in [0.15, 0.2) is 0 Å². The van der Waals surface area contributed by atoms with E-state index in [0.29, 0.717) is 12.8 Å². The van der Waals surface area contributed by atoms with E-state index in [1.54, 1.807) is 0 Å². The molecule has 0 aliphatic carbocycles. The van der Waals surface area contributed by atoms with E-state index < -0.39 is 17.7 Å². The normalized spacial score (nSPS) is 26.7. The molecule has 5 atom stereocenters. The summed E-state index contributed by atoms with van der Waals surface area (Å²) in [4.78, 5) is 14.6. The van der Waals surface area contributed by atoms with Crippen LogP contribution in [0.2, 0.25) is 0 Å². The smallest absolute Gasteiger partial charge is 0.223 e. The molecule has 2 fully saturated rings. The Labute approximate surface area is 198 Å². The quantitative estimate of drug-likeness (QED) is 0.672. The molecule has 0 radical (unpaired) electrons. The second-order valence-electron chi connectivity index (χ2n) is 9.20. The van der Waals surface area contributed by atoms with Gasteiger partial charge in [0, 0.05) is 24.7 Å². The lowest BCUT2D eigenvalue weighted by Crippen LogP contribution is -2.55. The lowest BCUT2D eigenvalue weighted by molar-refractivity contribution is -0.158. The van der Waals surface area contributed by atoms with Crippen LogP contribution in [0.1, 0.15) is 43.4 Å². The fraction of sp³-hybridized carbons (Fsp3) is 0.500. The Morgan fingerprint density at radius 1 is 1.18 bits per heavy atom. The molecule has 2 aromatic carbocycles. The summed E-state index contributed by atoms with van der Waals surface area (Å²) in [5, 5.41) is 13.3. The average Bonchev–Trinajstić information content (AvgIpc) is 2.80. The number of rotatable bonds is 6. The number of ether oxygens (including phenoxy) is 2. The maximum absolute atomic E-state index is 14.3. The maximum Gasteiger partial charge on any atom is 0.223 e. The van der Waals surface area contributed by atoms with Crippen LogP contribution >= 0.6 is 0 Å². The van der Waals surface area contributed by atoms with Crippen LogP contribution in [0.15, 0.2) is 48.5 Å². The molecule has 2 aromatic rings. The highest BCUT2D eigenvalue weighted by Crippen LogP contribution is 2.29. The van der Waals surface area contributed by atoms with Crippen LogP contribution in [0.3, 0.4) is 0 Å². The molecule has 34 heavy (non-hydrogen) atoms. The molecular weight excluding hydrogens is 442 g/mol. The van der Waals surface area contributed by atoms with Crippen LogP contribution < -0.4 is 5.32 Å². The molecule has 2 aliphatic rings. The van der Waals surface area contributed by atoms with Crippen molar-refractivity contribution in [1.82, 2.24) is 10.2 Å². The Bertz CT molecular complexity index is 961. The zero-order valence-electron chi connectivity index (χ0n) is 19.3. The lowest BCUT2D eigenvalue weighted by atomic mass is 9.94. The van der Waals surface area contributed by atoms with Gasteiger partial charge in [0.25, 0.3) is 0 Å². The summed E-state index contributed by atoms with van der Waals surface area (Å²) in [6.45, 7) is 2.77. The molecule has 6 nitrogen and oxygen atoms in total. The topological polar surface area (TPSA) is 71.0 Å². The first-order chi connectivity index (χ1) is 16.4. The fourth-order valence-corrected chi connectivity index (χ4v) is 4.84. The summed E-state index contributed by atoms with van der Waals surface area (Å²) in [5.74, 6) is -1.06. The van der Waals surface area contributed by atoms with Gasteiger partial charge in [-0.2, -0.15) is 0 Å². The van der Waals surface area contributed by atoms with E-state index in [9.17, 15) is 18.7 Å². The summed E-state index contributed by atoms with van der Waals surface area (Å²) in [6.07, 6.45) is 0.255. The van der Waals surface area contributed by atoms with Gasteiger partial charge in [0.05, 0.1) is 44.0 Å². The molecule has 0 aromatic heterocycles. The zero-order valence-corrected chi connectivity index (χ0v) is 19.3. The lowest BCUT2D eigenvalue weighted by Gasteiger charge is -2.44. The summed E-state index contributed by atoms with van der Waals surface area (Å²) in [5.41, 5.74) is 1.27. The molecule has 2 N–H and O–H groups in total. The van der Waals surface area contributed by atoms with Crippen molar-refractivity contribution in [2.75, 3.05) is 19.8 Å². The number of nitrogens with one attached hydrogen (secondary N) is 1. The molecule has 0 spiro atoms. The molecule has 2 saturated heterocycles. The predicted octanol–water partition coefficient (Wildman–Crippen LogP) is 3.34. The van der Waals surface area contributed by atoms with Crippen molar-refractivity contribution in [2.24, 2.45) is 0 Å². The second kappa shape index (κ2) is 11.4. The third kappa shape index (κ3) is 6.39. The van der Waals surface area contributed by atoms with Crippen molar-refractivity contribution < 1.29 is 28.2 Å². The molecule has 0 bridgehead atoms. The Morgan fingerprint density at radius 2 is 1.97 bits per heavy atom. The van der Waals surface area contributed by atoms with Crippen molar-refractivity contribution in [1.29, 1.82) is 0 Å². The monoisotopic (exact) mass is 474 g/mol. The number of halogens is 2. The Hall–Kier alpha value is -2.39. The van der Waals surface area contributed by atoms with Crippen LogP contribution in [0.5, 0.6) is 0 Å². The van der Waals surface area contributed by atoms with E-state index >= 15 is 0 Å². The van der Waals surface area contributed by atoms with Crippen molar-refractivity contribution >= 4 is 5.91 Å². The van der Waals surface area contributed by atoms with E-state index in [4.69, 9.17) is 9.47 Å². The number of carbonyl (C=O) groups is 1. The number of hydrogen-bond donors (Lipinski definition) is 2. The van der Waals surface area contributed by atoms with Crippen LogP contribution in [-0.2, 0) is 20.8 Å². The molecule has 184 valence electrons. The average molecular weight is 475 g/mol. The van der Waals surface area contributed by atoms with Crippen molar-refractivity contribution in [3.05, 3.63) is 71.3 Å². The SMILES string of the molecule is C[C@H](NC(=O)C[C@H]1CC[C@H]2[C@@H](COC[C@H](O)CN2Cc2cc(F)ccc2F)O1)c1ccccc1. The number of benzene rings is 2. The number of carbonyl (C=O) groups excluding carboxylic acids is 1. The Morgan fingerprint density at radius 3 is 2.76 bits per heavy atom. The number of aliphatic hydroxyl groups is 1. The van der Waals surface area contributed by atoms with Crippen molar-refractivity contribution in [2.45, 2.75) is 63.1 Å². The first-order valence-electron chi connectivity index (χ1n) is 11.8. The van der Waals surface area contributed by atoms with Gasteiger partial charge in [0.2, 0.25) is 5.91 Å². The van der Waals surface area contributed by atoms with Crippen molar-refractivity contribution in [3.8, 4) is 0 Å². The minimum absolute atomic E-state index is 0.0827. The molecule has 1 amide bonds. The summed E-state index contributed by atoms with van der Waals surface area (Å²) >= 11 is 0. The van der Waals surface area contributed by atoms with Gasteiger partial charge < -0.3 is 19.9 Å².